The van der Waals surface area contributed by atoms with Crippen molar-refractivity contribution >= 4 is 17.7 Å². The summed E-state index contributed by atoms with van der Waals surface area (Å²) in [7, 11) is 1.67. The van der Waals surface area contributed by atoms with Gasteiger partial charge in [-0.2, -0.15) is 0 Å². The molecule has 1 N–H and O–H groups in total. The van der Waals surface area contributed by atoms with E-state index < -0.39 is 0 Å². The third kappa shape index (κ3) is 3.90. The maximum atomic E-state index is 12.3. The molecular weight excluding hydrogens is 310 g/mol. The molecule has 2 aromatic rings. The zero-order valence-electron chi connectivity index (χ0n) is 13.2. The minimum atomic E-state index is -0.242. The number of carbonyl (C=O) groups is 1. The fraction of sp³-hybridized carbons (Fsp3) is 0.500. The Hall–Kier alpha value is -1.89. The van der Waals surface area contributed by atoms with Crippen LogP contribution in [-0.4, -0.2) is 38.4 Å². The minimum Gasteiger partial charge on any atom is -0.358 e. The number of nitrogens with zero attached hydrogens (tertiary/aromatic N) is 4. The molecule has 1 aliphatic rings. The van der Waals surface area contributed by atoms with Gasteiger partial charge in [0.25, 0.3) is 0 Å². The fourth-order valence-electron chi connectivity index (χ4n) is 2.95. The number of tetrazole rings is 1. The van der Waals surface area contributed by atoms with Gasteiger partial charge in [-0.15, -0.1) is 5.10 Å². The van der Waals surface area contributed by atoms with Crippen molar-refractivity contribution in [1.82, 2.24) is 25.5 Å². The van der Waals surface area contributed by atoms with Crippen molar-refractivity contribution in [3.63, 3.8) is 0 Å². The first-order valence-electron chi connectivity index (χ1n) is 7.98. The Morgan fingerprint density at radius 1 is 1.35 bits per heavy atom. The molecule has 0 unspecified atom stereocenters. The summed E-state index contributed by atoms with van der Waals surface area (Å²) in [6.07, 6.45) is 5.32. The van der Waals surface area contributed by atoms with Gasteiger partial charge in [-0.05, 0) is 35.3 Å². The Bertz CT molecular complexity index is 639. The fourth-order valence-corrected chi connectivity index (χ4v) is 4.08. The number of carbonyl (C=O) groups excluding carboxylic acids is 1. The van der Waals surface area contributed by atoms with Gasteiger partial charge in [0.1, 0.15) is 0 Å². The van der Waals surface area contributed by atoms with Crippen LogP contribution < -0.4 is 5.32 Å². The number of rotatable bonds is 6. The Labute approximate surface area is 140 Å². The van der Waals surface area contributed by atoms with Crippen LogP contribution in [0.15, 0.2) is 35.5 Å². The molecule has 0 bridgehead atoms. The van der Waals surface area contributed by atoms with Gasteiger partial charge in [0.2, 0.25) is 11.1 Å². The lowest BCUT2D eigenvalue weighted by Crippen LogP contribution is -2.31. The second-order valence-corrected chi connectivity index (χ2v) is 6.92. The normalized spacial score (nSPS) is 16.4. The van der Waals surface area contributed by atoms with Crippen LogP contribution in [-0.2, 0) is 11.2 Å². The molecule has 7 heteroatoms. The van der Waals surface area contributed by atoms with E-state index in [9.17, 15) is 4.79 Å². The molecule has 1 heterocycles. The summed E-state index contributed by atoms with van der Waals surface area (Å²) >= 11 is 1.45. The topological polar surface area (TPSA) is 72.7 Å². The van der Waals surface area contributed by atoms with E-state index in [1.165, 1.54) is 24.6 Å². The molecule has 0 radical (unpaired) electrons. The van der Waals surface area contributed by atoms with Gasteiger partial charge < -0.3 is 5.32 Å². The number of nitrogens with one attached hydrogen (secondary N) is 1. The van der Waals surface area contributed by atoms with E-state index >= 15 is 0 Å². The zero-order valence-corrected chi connectivity index (χ0v) is 14.0. The molecule has 0 saturated heterocycles. The quantitative estimate of drug-likeness (QED) is 0.822. The first-order chi connectivity index (χ1) is 11.3. The molecule has 1 fully saturated rings. The molecule has 1 aromatic heterocycles. The van der Waals surface area contributed by atoms with Crippen molar-refractivity contribution < 1.29 is 4.79 Å². The molecule has 122 valence electrons. The molecule has 1 amide bonds. The van der Waals surface area contributed by atoms with Crippen LogP contribution in [0.3, 0.4) is 0 Å². The highest BCUT2D eigenvalue weighted by atomic mass is 32.2. The molecule has 0 spiro atoms. The molecule has 1 saturated carbocycles. The molecule has 1 aliphatic carbocycles. The molecule has 1 aromatic carbocycles. The molecule has 23 heavy (non-hydrogen) atoms. The Morgan fingerprint density at radius 2 is 2.09 bits per heavy atom. The summed E-state index contributed by atoms with van der Waals surface area (Å²) in [5, 5.41) is 15.4. The van der Waals surface area contributed by atoms with Gasteiger partial charge in [0.15, 0.2) is 0 Å². The van der Waals surface area contributed by atoms with Gasteiger partial charge in [-0.25, -0.2) is 4.68 Å². The number of hydrogen-bond acceptors (Lipinski definition) is 5. The van der Waals surface area contributed by atoms with Crippen LogP contribution in [0.25, 0.3) is 0 Å². The van der Waals surface area contributed by atoms with Crippen LogP contribution in [0.2, 0.25) is 0 Å². The monoisotopic (exact) mass is 331 g/mol. The number of benzene rings is 1. The predicted octanol–water partition coefficient (Wildman–Crippen LogP) is 2.24. The van der Waals surface area contributed by atoms with Crippen molar-refractivity contribution in [3.05, 3.63) is 35.9 Å². The Balaban J connectivity index is 1.76. The highest BCUT2D eigenvalue weighted by molar-refractivity contribution is 8.00. The van der Waals surface area contributed by atoms with E-state index in [2.05, 4.69) is 20.8 Å². The smallest absolute Gasteiger partial charge is 0.233 e. The number of hydrogen-bond donors (Lipinski definition) is 1. The lowest BCUT2D eigenvalue weighted by Gasteiger charge is -2.16. The SMILES string of the molecule is CNC(=O)[C@@H](Cc1ccccc1)Sc1nnnn1C1CCCC1. The summed E-state index contributed by atoms with van der Waals surface area (Å²) < 4.78 is 1.90. The van der Waals surface area contributed by atoms with Crippen LogP contribution in [0.1, 0.15) is 37.3 Å². The lowest BCUT2D eigenvalue weighted by molar-refractivity contribution is -0.120. The average Bonchev–Trinajstić information content (AvgIpc) is 3.25. The van der Waals surface area contributed by atoms with Gasteiger partial charge in [0, 0.05) is 7.05 Å². The van der Waals surface area contributed by atoms with Crippen molar-refractivity contribution in [2.24, 2.45) is 0 Å². The van der Waals surface area contributed by atoms with Crippen LogP contribution >= 0.6 is 11.8 Å². The van der Waals surface area contributed by atoms with Gasteiger partial charge in [0.05, 0.1) is 11.3 Å². The van der Waals surface area contributed by atoms with E-state index in [4.69, 9.17) is 0 Å². The first-order valence-corrected chi connectivity index (χ1v) is 8.86. The standard InChI is InChI=1S/C16H21N5OS/c1-17-15(22)14(11-12-7-3-2-4-8-12)23-16-18-19-20-21(16)13-9-5-6-10-13/h2-4,7-8,13-14H,5-6,9-11H2,1H3,(H,17,22)/t14-/m1/s1. The summed E-state index contributed by atoms with van der Waals surface area (Å²) in [4.78, 5) is 12.3. The summed E-state index contributed by atoms with van der Waals surface area (Å²) in [5.41, 5.74) is 1.13. The maximum Gasteiger partial charge on any atom is 0.233 e. The number of amides is 1. The molecule has 6 nitrogen and oxygen atoms in total. The van der Waals surface area contributed by atoms with Crippen LogP contribution in [0, 0.1) is 0 Å². The molecule has 0 aliphatic heterocycles. The zero-order chi connectivity index (χ0) is 16.1. The third-order valence-electron chi connectivity index (χ3n) is 4.18. The number of thioether (sulfide) groups is 1. The van der Waals surface area contributed by atoms with E-state index in [-0.39, 0.29) is 11.2 Å². The molecule has 3 rings (SSSR count). The predicted molar refractivity (Wildman–Crippen MR) is 89.2 cm³/mol. The van der Waals surface area contributed by atoms with Crippen molar-refractivity contribution in [2.45, 2.75) is 48.6 Å². The largest absolute Gasteiger partial charge is 0.358 e. The van der Waals surface area contributed by atoms with Crippen LogP contribution in [0.5, 0.6) is 0 Å². The summed E-state index contributed by atoms with van der Waals surface area (Å²) in [6, 6.07) is 10.4. The average molecular weight is 331 g/mol. The van der Waals surface area contributed by atoms with Gasteiger partial charge >= 0.3 is 0 Å². The molecule has 1 atom stereocenters. The second kappa shape index (κ2) is 7.59. The summed E-state index contributed by atoms with van der Waals surface area (Å²) in [6.45, 7) is 0. The van der Waals surface area contributed by atoms with Crippen molar-refractivity contribution in [3.8, 4) is 0 Å². The lowest BCUT2D eigenvalue weighted by atomic mass is 10.1. The molecular formula is C16H21N5OS. The highest BCUT2D eigenvalue weighted by Crippen LogP contribution is 2.33. The van der Waals surface area contributed by atoms with E-state index in [1.54, 1.807) is 7.05 Å². The second-order valence-electron chi connectivity index (χ2n) is 5.75. The minimum absolute atomic E-state index is 0.000162. The summed E-state index contributed by atoms with van der Waals surface area (Å²) in [5.74, 6) is -0.000162. The van der Waals surface area contributed by atoms with Crippen LogP contribution in [0.4, 0.5) is 0 Å². The van der Waals surface area contributed by atoms with Crippen molar-refractivity contribution in [2.75, 3.05) is 7.05 Å². The maximum absolute atomic E-state index is 12.3. The van der Waals surface area contributed by atoms with Gasteiger partial charge in [-0.1, -0.05) is 54.9 Å². The van der Waals surface area contributed by atoms with E-state index in [1.807, 2.05) is 35.0 Å². The number of aromatic nitrogens is 4. The Kier molecular flexibility index (Phi) is 5.27. The third-order valence-corrected chi connectivity index (χ3v) is 5.33. The van der Waals surface area contributed by atoms with Crippen molar-refractivity contribution in [1.29, 1.82) is 0 Å². The highest BCUT2D eigenvalue weighted by Gasteiger charge is 2.26. The van der Waals surface area contributed by atoms with E-state index in [0.717, 1.165) is 23.6 Å². The Morgan fingerprint density at radius 3 is 2.78 bits per heavy atom. The first kappa shape index (κ1) is 16.0. The van der Waals surface area contributed by atoms with Gasteiger partial charge in [-0.3, -0.25) is 4.79 Å². The van der Waals surface area contributed by atoms with E-state index in [0.29, 0.717) is 12.5 Å².